The Balaban J connectivity index is 1.65. The molecule has 2 N–H and O–H groups in total. The number of rotatable bonds is 6. The lowest BCUT2D eigenvalue weighted by atomic mass is 9.88. The van der Waals surface area contributed by atoms with E-state index in [9.17, 15) is 4.79 Å². The highest BCUT2D eigenvalue weighted by atomic mass is 35.5. The van der Waals surface area contributed by atoms with Crippen LogP contribution in [0.5, 0.6) is 5.75 Å². The molecule has 1 aromatic carbocycles. The summed E-state index contributed by atoms with van der Waals surface area (Å²) in [4.78, 5) is 15.9. The quantitative estimate of drug-likeness (QED) is 0.456. The first-order chi connectivity index (χ1) is 14.0. The van der Waals surface area contributed by atoms with Crippen molar-refractivity contribution in [3.8, 4) is 5.75 Å². The number of amides is 1. The van der Waals surface area contributed by atoms with Gasteiger partial charge in [0.15, 0.2) is 0 Å². The number of nitrogens with one attached hydrogen (secondary N) is 2. The van der Waals surface area contributed by atoms with Crippen LogP contribution in [0, 0.1) is 5.92 Å². The van der Waals surface area contributed by atoms with Gasteiger partial charge in [0.05, 0.1) is 24.9 Å². The Hall–Kier alpha value is -2.02. The second-order valence-corrected chi connectivity index (χ2v) is 9.86. The molecule has 1 atom stereocenters. The number of halogens is 1. The summed E-state index contributed by atoms with van der Waals surface area (Å²) in [6.07, 6.45) is 3.07. The lowest BCUT2D eigenvalue weighted by molar-refractivity contribution is 0.102. The van der Waals surface area contributed by atoms with Crippen molar-refractivity contribution in [3.05, 3.63) is 61.6 Å². The average Bonchev–Trinajstić information content (AvgIpc) is 3.33. The smallest absolute Gasteiger partial charge is 0.259 e. The molecule has 0 aliphatic heterocycles. The highest BCUT2D eigenvalue weighted by Gasteiger charge is 2.28. The van der Waals surface area contributed by atoms with Gasteiger partial charge in [-0.3, -0.25) is 4.79 Å². The molecule has 152 valence electrons. The van der Waals surface area contributed by atoms with E-state index in [0.29, 0.717) is 28.9 Å². The molecule has 0 spiro atoms. The largest absolute Gasteiger partial charge is 0.495 e. The molecular formula is C22H23ClN2O2S2. The lowest BCUT2D eigenvalue weighted by Crippen LogP contribution is -2.18. The highest BCUT2D eigenvalue weighted by Crippen LogP contribution is 2.41. The number of methoxy groups -OCH3 is 1. The fraction of sp³-hybridized carbons (Fsp3) is 0.318. The first-order valence-corrected chi connectivity index (χ1v) is 11.7. The number of anilines is 2. The SMILES string of the molecule is COc1ccc(Cl)cc1NC(=O)c1c(NCc2cccs2)sc2c1CC[C@@H](C)C2. The van der Waals surface area contributed by atoms with Gasteiger partial charge in [-0.15, -0.1) is 22.7 Å². The zero-order valence-corrected chi connectivity index (χ0v) is 18.8. The third-order valence-electron chi connectivity index (χ3n) is 5.15. The number of ether oxygens (including phenoxy) is 1. The van der Waals surface area contributed by atoms with Crippen LogP contribution in [0.2, 0.25) is 5.02 Å². The molecule has 1 aliphatic carbocycles. The number of benzene rings is 1. The standard InChI is InChI=1S/C22H23ClN2O2S2/c1-13-5-7-16-19(10-13)29-22(24-12-15-4-3-9-28-15)20(16)21(26)25-17-11-14(23)6-8-18(17)27-2/h3-4,6,8-9,11,13,24H,5,7,10,12H2,1-2H3,(H,25,26)/t13-/m1/s1. The van der Waals surface area contributed by atoms with Crippen LogP contribution in [0.3, 0.4) is 0 Å². The minimum absolute atomic E-state index is 0.119. The summed E-state index contributed by atoms with van der Waals surface area (Å²) in [6.45, 7) is 2.99. The Kier molecular flexibility index (Phi) is 6.13. The van der Waals surface area contributed by atoms with Gasteiger partial charge in [0.1, 0.15) is 10.8 Å². The maximum atomic E-state index is 13.3. The monoisotopic (exact) mass is 446 g/mol. The van der Waals surface area contributed by atoms with Gasteiger partial charge in [0.2, 0.25) is 0 Å². The summed E-state index contributed by atoms with van der Waals surface area (Å²) >= 11 is 9.56. The minimum atomic E-state index is -0.119. The summed E-state index contributed by atoms with van der Waals surface area (Å²) in [7, 11) is 1.58. The first-order valence-electron chi connectivity index (χ1n) is 9.60. The van der Waals surface area contributed by atoms with Crippen LogP contribution < -0.4 is 15.4 Å². The van der Waals surface area contributed by atoms with Gasteiger partial charge in [-0.1, -0.05) is 24.6 Å². The summed E-state index contributed by atoms with van der Waals surface area (Å²) < 4.78 is 5.39. The van der Waals surface area contributed by atoms with Crippen LogP contribution in [0.1, 0.15) is 39.0 Å². The Bertz CT molecular complexity index is 1010. The molecule has 0 fully saturated rings. The highest BCUT2D eigenvalue weighted by molar-refractivity contribution is 7.16. The molecule has 1 amide bonds. The van der Waals surface area contributed by atoms with Crippen LogP contribution in [0.4, 0.5) is 10.7 Å². The molecular weight excluding hydrogens is 424 g/mol. The molecule has 2 aromatic heterocycles. The number of carbonyl (C=O) groups is 1. The second-order valence-electron chi connectivity index (χ2n) is 7.29. The summed E-state index contributed by atoms with van der Waals surface area (Å²) in [5.41, 5.74) is 2.52. The van der Waals surface area contributed by atoms with E-state index in [-0.39, 0.29) is 5.91 Å². The van der Waals surface area contributed by atoms with Crippen LogP contribution in [-0.2, 0) is 19.4 Å². The Morgan fingerprint density at radius 3 is 2.97 bits per heavy atom. The second kappa shape index (κ2) is 8.78. The number of thiophene rings is 2. The molecule has 4 rings (SSSR count). The first kappa shape index (κ1) is 20.3. The molecule has 4 nitrogen and oxygen atoms in total. The van der Waals surface area contributed by atoms with E-state index in [1.807, 2.05) is 6.07 Å². The van der Waals surface area contributed by atoms with E-state index in [1.54, 1.807) is 48.0 Å². The molecule has 0 unspecified atom stereocenters. The van der Waals surface area contributed by atoms with Gasteiger partial charge in [0, 0.05) is 14.8 Å². The van der Waals surface area contributed by atoms with E-state index in [1.165, 1.54) is 15.3 Å². The van der Waals surface area contributed by atoms with E-state index >= 15 is 0 Å². The van der Waals surface area contributed by atoms with E-state index in [4.69, 9.17) is 16.3 Å². The fourth-order valence-electron chi connectivity index (χ4n) is 3.66. The molecule has 0 radical (unpaired) electrons. The maximum absolute atomic E-state index is 13.3. The number of hydrogen-bond acceptors (Lipinski definition) is 5. The number of hydrogen-bond donors (Lipinski definition) is 2. The van der Waals surface area contributed by atoms with Crippen molar-refractivity contribution in [2.75, 3.05) is 17.7 Å². The predicted octanol–water partition coefficient (Wildman–Crippen LogP) is 6.46. The predicted molar refractivity (Wildman–Crippen MR) is 123 cm³/mol. The average molecular weight is 447 g/mol. The summed E-state index contributed by atoms with van der Waals surface area (Å²) in [5.74, 6) is 1.12. The Labute approximate surface area is 183 Å². The molecule has 0 saturated carbocycles. The number of fused-ring (bicyclic) bond motifs is 1. The maximum Gasteiger partial charge on any atom is 0.259 e. The molecule has 0 saturated heterocycles. The van der Waals surface area contributed by atoms with E-state index < -0.39 is 0 Å². The van der Waals surface area contributed by atoms with Crippen molar-refractivity contribution in [2.24, 2.45) is 5.92 Å². The van der Waals surface area contributed by atoms with Crippen LogP contribution in [-0.4, -0.2) is 13.0 Å². The van der Waals surface area contributed by atoms with Crippen LogP contribution in [0.15, 0.2) is 35.7 Å². The van der Waals surface area contributed by atoms with Crippen molar-refractivity contribution < 1.29 is 9.53 Å². The van der Waals surface area contributed by atoms with Gasteiger partial charge in [-0.05, 0) is 60.4 Å². The summed E-state index contributed by atoms with van der Waals surface area (Å²) in [5, 5.41) is 10.1. The van der Waals surface area contributed by atoms with Crippen molar-refractivity contribution in [1.29, 1.82) is 0 Å². The van der Waals surface area contributed by atoms with Gasteiger partial charge < -0.3 is 15.4 Å². The van der Waals surface area contributed by atoms with E-state index in [0.717, 1.165) is 29.8 Å². The zero-order valence-electron chi connectivity index (χ0n) is 16.4. The molecule has 29 heavy (non-hydrogen) atoms. The van der Waals surface area contributed by atoms with Crippen molar-refractivity contribution in [2.45, 2.75) is 32.7 Å². The number of carbonyl (C=O) groups excluding carboxylic acids is 1. The van der Waals surface area contributed by atoms with Gasteiger partial charge >= 0.3 is 0 Å². The van der Waals surface area contributed by atoms with Crippen LogP contribution >= 0.6 is 34.3 Å². The van der Waals surface area contributed by atoms with Crippen molar-refractivity contribution in [1.82, 2.24) is 0 Å². The third-order valence-corrected chi connectivity index (χ3v) is 7.48. The minimum Gasteiger partial charge on any atom is -0.495 e. The zero-order chi connectivity index (χ0) is 20.4. The van der Waals surface area contributed by atoms with Crippen molar-refractivity contribution in [3.63, 3.8) is 0 Å². The molecule has 1 aliphatic rings. The van der Waals surface area contributed by atoms with Gasteiger partial charge in [-0.25, -0.2) is 0 Å². The topological polar surface area (TPSA) is 50.4 Å². The van der Waals surface area contributed by atoms with Gasteiger partial charge in [0.25, 0.3) is 5.91 Å². The van der Waals surface area contributed by atoms with E-state index in [2.05, 4.69) is 29.0 Å². The lowest BCUT2D eigenvalue weighted by Gasteiger charge is -2.19. The normalized spacial score (nSPS) is 15.6. The molecule has 3 aromatic rings. The van der Waals surface area contributed by atoms with Crippen LogP contribution in [0.25, 0.3) is 0 Å². The molecule has 2 heterocycles. The molecule has 7 heteroatoms. The Morgan fingerprint density at radius 1 is 1.34 bits per heavy atom. The third kappa shape index (κ3) is 4.44. The van der Waals surface area contributed by atoms with Crippen molar-refractivity contribution >= 4 is 50.9 Å². The van der Waals surface area contributed by atoms with Gasteiger partial charge in [-0.2, -0.15) is 0 Å². The fourth-order valence-corrected chi connectivity index (χ4v) is 5.88. The Morgan fingerprint density at radius 2 is 2.21 bits per heavy atom. The summed E-state index contributed by atoms with van der Waals surface area (Å²) in [6, 6.07) is 9.38. The molecule has 0 bridgehead atoms.